The number of aromatic nitrogens is 1. The Morgan fingerprint density at radius 3 is 2.53 bits per heavy atom. The van der Waals surface area contributed by atoms with Crippen molar-refractivity contribution in [3.63, 3.8) is 0 Å². The van der Waals surface area contributed by atoms with Crippen LogP contribution in [-0.4, -0.2) is 51.1 Å². The number of likely N-dealkylation sites (tertiary alicyclic amines) is 1. The zero-order valence-corrected chi connectivity index (χ0v) is 18.5. The number of nitrogens with zero attached hydrogens (tertiary/aromatic N) is 2. The highest BCUT2D eigenvalue weighted by molar-refractivity contribution is 6.30. The maximum atomic E-state index is 13.4. The summed E-state index contributed by atoms with van der Waals surface area (Å²) >= 11 is 5.95. The Morgan fingerprint density at radius 1 is 1.30 bits per heavy atom. The summed E-state index contributed by atoms with van der Waals surface area (Å²) in [5, 5.41) is 28.9. The first-order valence-corrected chi connectivity index (χ1v) is 10.7. The molecule has 0 saturated carbocycles. The van der Waals surface area contributed by atoms with Crippen LogP contribution < -0.4 is 5.32 Å². The third-order valence-corrected chi connectivity index (χ3v) is 5.90. The topological polar surface area (TPSA) is 98.8 Å². The number of hydrogen-bond acceptors (Lipinski definition) is 6. The number of β-amino-alcohol motifs (C(OH)–C–C–N with tert-alkyl or cyclic N) is 1. The SMILES string of the molecule is Cc1cc(C(C(=O)N2CC(O)CC2C(O)NC(C)c2ccc(Cl)cc2)C(C)C)on1. The van der Waals surface area contributed by atoms with Crippen molar-refractivity contribution < 1.29 is 19.5 Å². The average Bonchev–Trinajstić information content (AvgIpc) is 3.27. The summed E-state index contributed by atoms with van der Waals surface area (Å²) in [4.78, 5) is 15.0. The number of aliphatic hydroxyl groups excluding tert-OH is 2. The van der Waals surface area contributed by atoms with Gasteiger partial charge in [-0.2, -0.15) is 0 Å². The summed E-state index contributed by atoms with van der Waals surface area (Å²) in [6.07, 6.45) is -1.39. The van der Waals surface area contributed by atoms with E-state index >= 15 is 0 Å². The van der Waals surface area contributed by atoms with E-state index in [0.717, 1.165) is 5.56 Å². The number of rotatable bonds is 7. The molecule has 1 saturated heterocycles. The molecule has 0 spiro atoms. The lowest BCUT2D eigenvalue weighted by atomic mass is 9.91. The number of halogens is 1. The van der Waals surface area contributed by atoms with Gasteiger partial charge in [0.2, 0.25) is 5.91 Å². The molecule has 5 atom stereocenters. The minimum atomic E-state index is -0.999. The maximum absolute atomic E-state index is 13.4. The lowest BCUT2D eigenvalue weighted by molar-refractivity contribution is -0.138. The quantitative estimate of drug-likeness (QED) is 0.578. The molecule has 1 fully saturated rings. The van der Waals surface area contributed by atoms with Crippen molar-refractivity contribution in [1.29, 1.82) is 0 Å². The van der Waals surface area contributed by atoms with Crippen LogP contribution in [0.15, 0.2) is 34.9 Å². The second-order valence-corrected chi connectivity index (χ2v) is 8.86. The van der Waals surface area contributed by atoms with Gasteiger partial charge in [0.1, 0.15) is 17.9 Å². The van der Waals surface area contributed by atoms with Crippen molar-refractivity contribution in [3.8, 4) is 0 Å². The van der Waals surface area contributed by atoms with Crippen molar-refractivity contribution in [1.82, 2.24) is 15.4 Å². The molecule has 1 aromatic carbocycles. The Kier molecular flexibility index (Phi) is 7.18. The minimum Gasteiger partial charge on any atom is -0.391 e. The highest BCUT2D eigenvalue weighted by atomic mass is 35.5. The van der Waals surface area contributed by atoms with Gasteiger partial charge >= 0.3 is 0 Å². The van der Waals surface area contributed by atoms with Crippen LogP contribution in [-0.2, 0) is 4.79 Å². The fraction of sp³-hybridized carbons (Fsp3) is 0.545. The second kappa shape index (κ2) is 9.47. The Bertz CT molecular complexity index is 854. The Labute approximate surface area is 182 Å². The van der Waals surface area contributed by atoms with Crippen molar-refractivity contribution in [3.05, 3.63) is 52.4 Å². The van der Waals surface area contributed by atoms with Gasteiger partial charge < -0.3 is 19.6 Å². The average molecular weight is 436 g/mol. The van der Waals surface area contributed by atoms with E-state index in [-0.39, 0.29) is 24.4 Å². The Hall–Kier alpha value is -1.93. The normalized spacial score (nSPS) is 22.3. The number of nitrogens with one attached hydrogen (secondary N) is 1. The lowest BCUT2D eigenvalue weighted by Gasteiger charge is -2.33. The van der Waals surface area contributed by atoms with Crippen molar-refractivity contribution in [2.75, 3.05) is 6.54 Å². The van der Waals surface area contributed by atoms with Gasteiger partial charge in [0, 0.05) is 23.7 Å². The number of carbonyl (C=O) groups excluding carboxylic acids is 1. The Morgan fingerprint density at radius 2 is 1.97 bits per heavy atom. The van der Waals surface area contributed by atoms with Crippen LogP contribution >= 0.6 is 11.6 Å². The van der Waals surface area contributed by atoms with E-state index in [1.807, 2.05) is 39.8 Å². The number of hydrogen-bond donors (Lipinski definition) is 3. The maximum Gasteiger partial charge on any atom is 0.234 e. The van der Waals surface area contributed by atoms with Gasteiger partial charge in [-0.25, -0.2) is 0 Å². The van der Waals surface area contributed by atoms with Crippen LogP contribution in [0.2, 0.25) is 5.02 Å². The zero-order valence-electron chi connectivity index (χ0n) is 17.7. The number of amides is 1. The monoisotopic (exact) mass is 435 g/mol. The van der Waals surface area contributed by atoms with Gasteiger partial charge in [-0.15, -0.1) is 0 Å². The molecule has 0 aliphatic carbocycles. The summed E-state index contributed by atoms with van der Waals surface area (Å²) in [7, 11) is 0. The predicted molar refractivity (Wildman–Crippen MR) is 114 cm³/mol. The van der Waals surface area contributed by atoms with E-state index in [9.17, 15) is 15.0 Å². The van der Waals surface area contributed by atoms with Crippen LogP contribution in [0.25, 0.3) is 0 Å². The molecular weight excluding hydrogens is 406 g/mol. The molecule has 5 unspecified atom stereocenters. The molecule has 3 rings (SSSR count). The molecule has 1 amide bonds. The van der Waals surface area contributed by atoms with E-state index in [2.05, 4.69) is 10.5 Å². The standard InChI is InChI=1S/C22H30ClN3O4/c1-12(2)20(19-9-13(3)25-30-19)22(29)26-11-17(27)10-18(26)21(28)24-14(4)15-5-7-16(23)8-6-15/h5-9,12,14,17-18,20-21,24,27-28H,10-11H2,1-4H3. The smallest absolute Gasteiger partial charge is 0.234 e. The van der Waals surface area contributed by atoms with E-state index < -0.39 is 24.3 Å². The van der Waals surface area contributed by atoms with Crippen molar-refractivity contribution in [2.24, 2.45) is 5.92 Å². The van der Waals surface area contributed by atoms with E-state index in [4.69, 9.17) is 16.1 Å². The molecule has 2 heterocycles. The highest BCUT2D eigenvalue weighted by Crippen LogP contribution is 2.32. The van der Waals surface area contributed by atoms with Gasteiger partial charge in [-0.05, 0) is 43.9 Å². The fourth-order valence-corrected chi connectivity index (χ4v) is 4.18. The van der Waals surface area contributed by atoms with Gasteiger partial charge in [-0.3, -0.25) is 10.1 Å². The molecule has 2 aromatic rings. The number of benzene rings is 1. The van der Waals surface area contributed by atoms with Crippen LogP contribution in [0.3, 0.4) is 0 Å². The first-order chi connectivity index (χ1) is 14.2. The van der Waals surface area contributed by atoms with Crippen LogP contribution in [0.1, 0.15) is 56.2 Å². The number of aliphatic hydroxyl groups is 2. The van der Waals surface area contributed by atoms with Gasteiger partial charge in [0.15, 0.2) is 0 Å². The first kappa shape index (κ1) is 22.7. The number of aryl methyl sites for hydroxylation is 1. The number of carbonyl (C=O) groups is 1. The van der Waals surface area contributed by atoms with E-state index in [1.165, 1.54) is 0 Å². The summed E-state index contributed by atoms with van der Waals surface area (Å²) in [5.41, 5.74) is 1.67. The largest absolute Gasteiger partial charge is 0.391 e. The fourth-order valence-electron chi connectivity index (χ4n) is 4.05. The third-order valence-electron chi connectivity index (χ3n) is 5.65. The highest BCUT2D eigenvalue weighted by Gasteiger charge is 2.43. The second-order valence-electron chi connectivity index (χ2n) is 8.42. The summed E-state index contributed by atoms with van der Waals surface area (Å²) in [5.74, 6) is -0.228. The first-order valence-electron chi connectivity index (χ1n) is 10.3. The molecule has 30 heavy (non-hydrogen) atoms. The zero-order chi connectivity index (χ0) is 22.0. The van der Waals surface area contributed by atoms with Crippen LogP contribution in [0.4, 0.5) is 0 Å². The van der Waals surface area contributed by atoms with Crippen molar-refractivity contribution in [2.45, 2.75) is 64.4 Å². The molecule has 7 nitrogen and oxygen atoms in total. The van der Waals surface area contributed by atoms with Crippen molar-refractivity contribution >= 4 is 17.5 Å². The molecule has 1 aliphatic rings. The summed E-state index contributed by atoms with van der Waals surface area (Å²) in [6.45, 7) is 7.80. The molecule has 3 N–H and O–H groups in total. The summed E-state index contributed by atoms with van der Waals surface area (Å²) < 4.78 is 5.37. The summed E-state index contributed by atoms with van der Waals surface area (Å²) in [6, 6.07) is 8.42. The molecule has 8 heteroatoms. The Balaban J connectivity index is 1.76. The van der Waals surface area contributed by atoms with E-state index in [1.54, 1.807) is 23.1 Å². The van der Waals surface area contributed by atoms with Gasteiger partial charge in [-0.1, -0.05) is 42.7 Å². The van der Waals surface area contributed by atoms with E-state index in [0.29, 0.717) is 22.9 Å². The molecular formula is C22H30ClN3O4. The molecule has 0 radical (unpaired) electrons. The predicted octanol–water partition coefficient (Wildman–Crippen LogP) is 3.01. The van der Waals surface area contributed by atoms with Gasteiger partial charge in [0.05, 0.1) is 17.8 Å². The molecule has 164 valence electrons. The minimum absolute atomic E-state index is 0.0265. The van der Waals surface area contributed by atoms with Gasteiger partial charge in [0.25, 0.3) is 0 Å². The molecule has 1 aromatic heterocycles. The third kappa shape index (κ3) is 5.03. The molecule has 1 aliphatic heterocycles. The van der Waals surface area contributed by atoms with Crippen LogP contribution in [0.5, 0.6) is 0 Å². The molecule has 0 bridgehead atoms. The van der Waals surface area contributed by atoms with Crippen LogP contribution in [0, 0.1) is 12.8 Å². The lowest BCUT2D eigenvalue weighted by Crippen LogP contribution is -2.51.